The first-order valence-electron chi connectivity index (χ1n) is 6.47. The second-order valence-corrected chi connectivity index (χ2v) is 4.66. The van der Waals surface area contributed by atoms with Crippen molar-refractivity contribution in [1.29, 1.82) is 0 Å². The van der Waals surface area contributed by atoms with Crippen LogP contribution in [0.1, 0.15) is 36.8 Å². The Balaban J connectivity index is 2.53. The summed E-state index contributed by atoms with van der Waals surface area (Å²) in [5.41, 5.74) is 0.906. The quantitative estimate of drug-likeness (QED) is 0.732. The zero-order valence-corrected chi connectivity index (χ0v) is 11.7. The Hall–Kier alpha value is -1.62. The van der Waals surface area contributed by atoms with Crippen LogP contribution in [0.5, 0.6) is 5.88 Å². The van der Waals surface area contributed by atoms with Crippen molar-refractivity contribution in [1.82, 2.24) is 4.98 Å². The minimum absolute atomic E-state index is 0.199. The van der Waals surface area contributed by atoms with Crippen LogP contribution in [0.3, 0.4) is 0 Å². The number of aromatic carboxylic acids is 1. The van der Waals surface area contributed by atoms with Crippen LogP contribution in [0.2, 0.25) is 0 Å². The van der Waals surface area contributed by atoms with Gasteiger partial charge in [0.1, 0.15) is 6.61 Å². The monoisotopic (exact) mass is 267 g/mol. The zero-order valence-electron chi connectivity index (χ0n) is 11.7. The highest BCUT2D eigenvalue weighted by Gasteiger charge is 2.08. The first-order chi connectivity index (χ1) is 9.02. The molecule has 0 radical (unpaired) electrons. The van der Waals surface area contributed by atoms with Crippen molar-refractivity contribution in [3.63, 3.8) is 0 Å². The number of aryl methyl sites for hydroxylation is 1. The van der Waals surface area contributed by atoms with Crippen molar-refractivity contribution < 1.29 is 19.4 Å². The fourth-order valence-electron chi connectivity index (χ4n) is 1.46. The summed E-state index contributed by atoms with van der Waals surface area (Å²) in [6.45, 7) is 7.60. The zero-order chi connectivity index (χ0) is 14.3. The fourth-order valence-corrected chi connectivity index (χ4v) is 1.46. The van der Waals surface area contributed by atoms with Crippen LogP contribution in [0.25, 0.3) is 0 Å². The molecule has 1 heterocycles. The molecule has 0 fully saturated rings. The van der Waals surface area contributed by atoms with Gasteiger partial charge in [-0.1, -0.05) is 20.8 Å². The predicted octanol–water partition coefficient (Wildman–Crippen LogP) is 2.39. The fraction of sp³-hybridized carbons (Fsp3) is 0.571. The smallest absolute Gasteiger partial charge is 0.335 e. The molecule has 0 spiro atoms. The lowest BCUT2D eigenvalue weighted by Gasteiger charge is -2.09. The van der Waals surface area contributed by atoms with Crippen molar-refractivity contribution in [2.24, 2.45) is 5.92 Å². The lowest BCUT2D eigenvalue weighted by Crippen LogP contribution is -2.11. The summed E-state index contributed by atoms with van der Waals surface area (Å²) < 4.78 is 10.8. The number of ether oxygens (including phenoxy) is 2. The third-order valence-corrected chi connectivity index (χ3v) is 2.39. The molecular weight excluding hydrogens is 246 g/mol. The number of hydrogen-bond donors (Lipinski definition) is 1. The number of aromatic nitrogens is 1. The van der Waals surface area contributed by atoms with Crippen LogP contribution in [-0.4, -0.2) is 35.9 Å². The maximum atomic E-state index is 11.0. The molecule has 1 aromatic heterocycles. The Bertz CT molecular complexity index is 418. The van der Waals surface area contributed by atoms with Gasteiger partial charge in [-0.3, -0.25) is 0 Å². The van der Waals surface area contributed by atoms with E-state index in [2.05, 4.69) is 18.8 Å². The molecule has 1 aromatic rings. The molecular formula is C14H21NO4. The topological polar surface area (TPSA) is 68.7 Å². The summed E-state index contributed by atoms with van der Waals surface area (Å²) in [4.78, 5) is 15.2. The first kappa shape index (κ1) is 15.4. The maximum Gasteiger partial charge on any atom is 0.335 e. The Morgan fingerprint density at radius 3 is 2.68 bits per heavy atom. The van der Waals surface area contributed by atoms with E-state index in [1.165, 1.54) is 6.07 Å². The molecule has 1 rings (SSSR count). The van der Waals surface area contributed by atoms with Gasteiger partial charge in [0.05, 0.1) is 12.2 Å². The lowest BCUT2D eigenvalue weighted by molar-refractivity contribution is 0.0694. The summed E-state index contributed by atoms with van der Waals surface area (Å²) in [5.74, 6) is -0.150. The minimum atomic E-state index is -0.974. The normalized spacial score (nSPS) is 10.7. The van der Waals surface area contributed by atoms with Gasteiger partial charge in [0.2, 0.25) is 5.88 Å². The molecule has 0 aromatic carbocycles. The van der Waals surface area contributed by atoms with E-state index in [0.29, 0.717) is 43.7 Å². The summed E-state index contributed by atoms with van der Waals surface area (Å²) in [7, 11) is 0. The minimum Gasteiger partial charge on any atom is -0.478 e. The Morgan fingerprint density at radius 1 is 1.37 bits per heavy atom. The first-order valence-corrected chi connectivity index (χ1v) is 6.47. The average molecular weight is 267 g/mol. The van der Waals surface area contributed by atoms with Crippen molar-refractivity contribution >= 4 is 5.97 Å². The van der Waals surface area contributed by atoms with E-state index in [1.54, 1.807) is 6.07 Å². The van der Waals surface area contributed by atoms with Crippen molar-refractivity contribution in [3.8, 4) is 5.88 Å². The van der Waals surface area contributed by atoms with E-state index in [1.807, 2.05) is 6.92 Å². The maximum absolute atomic E-state index is 11.0. The number of carboxylic acids is 1. The molecule has 0 aliphatic rings. The average Bonchev–Trinajstić information content (AvgIpc) is 2.37. The highest BCUT2D eigenvalue weighted by molar-refractivity contribution is 5.88. The van der Waals surface area contributed by atoms with E-state index >= 15 is 0 Å². The molecule has 19 heavy (non-hydrogen) atoms. The molecule has 0 saturated heterocycles. The molecule has 0 aliphatic carbocycles. The van der Waals surface area contributed by atoms with Gasteiger partial charge >= 0.3 is 5.97 Å². The Morgan fingerprint density at radius 2 is 2.11 bits per heavy atom. The van der Waals surface area contributed by atoms with Crippen molar-refractivity contribution in [3.05, 3.63) is 23.4 Å². The molecule has 0 saturated carbocycles. The molecule has 106 valence electrons. The second kappa shape index (κ2) is 7.74. The molecule has 0 atom stereocenters. The molecule has 5 nitrogen and oxygen atoms in total. The van der Waals surface area contributed by atoms with Crippen LogP contribution in [0, 0.1) is 5.92 Å². The molecule has 0 bridgehead atoms. The van der Waals surface area contributed by atoms with Crippen molar-refractivity contribution in [2.45, 2.75) is 27.2 Å². The Kier molecular flexibility index (Phi) is 6.29. The number of carbonyl (C=O) groups is 1. The van der Waals surface area contributed by atoms with Crippen LogP contribution in [0.15, 0.2) is 12.1 Å². The molecule has 0 unspecified atom stereocenters. The third kappa shape index (κ3) is 5.70. The van der Waals surface area contributed by atoms with Gasteiger partial charge in [-0.2, -0.15) is 0 Å². The van der Waals surface area contributed by atoms with Crippen LogP contribution >= 0.6 is 0 Å². The largest absolute Gasteiger partial charge is 0.478 e. The third-order valence-electron chi connectivity index (χ3n) is 2.39. The number of rotatable bonds is 8. The van der Waals surface area contributed by atoms with Crippen LogP contribution < -0.4 is 4.74 Å². The standard InChI is InChI=1S/C14H21NO4/c1-4-12-7-11(14(16)17)8-13(15-12)19-6-5-18-9-10(2)3/h7-8,10H,4-6,9H2,1-3H3,(H,16,17). The van der Waals surface area contributed by atoms with E-state index < -0.39 is 5.97 Å². The van der Waals surface area contributed by atoms with Gasteiger partial charge in [0.25, 0.3) is 0 Å². The predicted molar refractivity (Wildman–Crippen MR) is 71.7 cm³/mol. The SMILES string of the molecule is CCc1cc(C(=O)O)cc(OCCOCC(C)C)n1. The van der Waals surface area contributed by atoms with Crippen LogP contribution in [-0.2, 0) is 11.2 Å². The van der Waals surface area contributed by atoms with Gasteiger partial charge in [0.15, 0.2) is 0 Å². The summed E-state index contributed by atoms with van der Waals surface area (Å²) in [6, 6.07) is 2.99. The number of pyridine rings is 1. The van der Waals surface area contributed by atoms with Crippen LogP contribution in [0.4, 0.5) is 0 Å². The Labute approximate surface area is 113 Å². The van der Waals surface area contributed by atoms with E-state index in [9.17, 15) is 4.79 Å². The summed E-state index contributed by atoms with van der Waals surface area (Å²) in [6.07, 6.45) is 0.668. The number of nitrogens with zero attached hydrogens (tertiary/aromatic N) is 1. The molecule has 5 heteroatoms. The van der Waals surface area contributed by atoms with Crippen molar-refractivity contribution in [2.75, 3.05) is 19.8 Å². The molecule has 0 aliphatic heterocycles. The highest BCUT2D eigenvalue weighted by atomic mass is 16.5. The van der Waals surface area contributed by atoms with Gasteiger partial charge in [0, 0.05) is 18.4 Å². The van der Waals surface area contributed by atoms with E-state index in [-0.39, 0.29) is 5.56 Å². The van der Waals surface area contributed by atoms with Gasteiger partial charge < -0.3 is 14.6 Å². The molecule has 1 N–H and O–H groups in total. The number of carboxylic acid groups (broad SMARTS) is 1. The molecule has 0 amide bonds. The van der Waals surface area contributed by atoms with Gasteiger partial charge in [-0.05, 0) is 18.4 Å². The second-order valence-electron chi connectivity index (χ2n) is 4.66. The van der Waals surface area contributed by atoms with Gasteiger partial charge in [-0.25, -0.2) is 9.78 Å². The van der Waals surface area contributed by atoms with Gasteiger partial charge in [-0.15, -0.1) is 0 Å². The van der Waals surface area contributed by atoms with E-state index in [4.69, 9.17) is 14.6 Å². The summed E-state index contributed by atoms with van der Waals surface area (Å²) in [5, 5.41) is 8.99. The summed E-state index contributed by atoms with van der Waals surface area (Å²) >= 11 is 0. The number of hydrogen-bond acceptors (Lipinski definition) is 4. The van der Waals surface area contributed by atoms with E-state index in [0.717, 1.165) is 0 Å². The lowest BCUT2D eigenvalue weighted by atomic mass is 10.2. The highest BCUT2D eigenvalue weighted by Crippen LogP contribution is 2.13.